The van der Waals surface area contributed by atoms with E-state index in [-0.39, 0.29) is 11.5 Å². The summed E-state index contributed by atoms with van der Waals surface area (Å²) in [7, 11) is 0. The number of para-hydroxylation sites is 1. The SMILES string of the molecule is CC(C)c1ccccc1NC(=O)/C(C#N)=C\N1CCCCC1. The number of nitrogens with one attached hydrogen (secondary N) is 1. The number of benzene rings is 1. The van der Waals surface area contributed by atoms with E-state index in [0.717, 1.165) is 37.2 Å². The van der Waals surface area contributed by atoms with Gasteiger partial charge in [0, 0.05) is 25.0 Å². The zero-order valence-electron chi connectivity index (χ0n) is 13.3. The van der Waals surface area contributed by atoms with E-state index in [4.69, 9.17) is 0 Å². The van der Waals surface area contributed by atoms with E-state index in [2.05, 4.69) is 24.1 Å². The highest BCUT2D eigenvalue weighted by molar-refractivity contribution is 6.06. The van der Waals surface area contributed by atoms with Crippen LogP contribution in [-0.2, 0) is 4.79 Å². The summed E-state index contributed by atoms with van der Waals surface area (Å²) in [5.74, 6) is -0.0192. The largest absolute Gasteiger partial charge is 0.376 e. The second-order valence-electron chi connectivity index (χ2n) is 5.95. The average molecular weight is 297 g/mol. The van der Waals surface area contributed by atoms with Crippen LogP contribution in [0, 0.1) is 11.3 Å². The first kappa shape index (κ1) is 16.1. The minimum absolute atomic E-state index is 0.167. The molecule has 1 amide bonds. The maximum atomic E-state index is 12.4. The molecule has 0 bridgehead atoms. The number of nitriles is 1. The molecule has 1 N–H and O–H groups in total. The Kier molecular flexibility index (Phi) is 5.60. The van der Waals surface area contributed by atoms with Crippen molar-refractivity contribution in [3.05, 3.63) is 41.6 Å². The van der Waals surface area contributed by atoms with E-state index in [1.165, 1.54) is 6.42 Å². The van der Waals surface area contributed by atoms with Gasteiger partial charge in [0.05, 0.1) is 0 Å². The second-order valence-corrected chi connectivity index (χ2v) is 5.95. The van der Waals surface area contributed by atoms with Gasteiger partial charge in [-0.1, -0.05) is 32.0 Å². The third-order valence-corrected chi connectivity index (χ3v) is 3.90. The van der Waals surface area contributed by atoms with Gasteiger partial charge in [-0.25, -0.2) is 0 Å². The quantitative estimate of drug-likeness (QED) is 0.682. The highest BCUT2D eigenvalue weighted by Gasteiger charge is 2.15. The summed E-state index contributed by atoms with van der Waals surface area (Å²) < 4.78 is 0. The van der Waals surface area contributed by atoms with E-state index >= 15 is 0 Å². The summed E-state index contributed by atoms with van der Waals surface area (Å²) >= 11 is 0. The fourth-order valence-electron chi connectivity index (χ4n) is 2.67. The first-order chi connectivity index (χ1) is 10.6. The van der Waals surface area contributed by atoms with Gasteiger partial charge in [0.15, 0.2) is 0 Å². The van der Waals surface area contributed by atoms with Crippen LogP contribution in [0.1, 0.15) is 44.6 Å². The number of rotatable bonds is 4. The van der Waals surface area contributed by atoms with Gasteiger partial charge in [-0.15, -0.1) is 0 Å². The third kappa shape index (κ3) is 4.11. The van der Waals surface area contributed by atoms with E-state index in [1.54, 1.807) is 6.20 Å². The lowest BCUT2D eigenvalue weighted by Gasteiger charge is -2.25. The van der Waals surface area contributed by atoms with Gasteiger partial charge in [0.2, 0.25) is 0 Å². The van der Waals surface area contributed by atoms with Crippen LogP contribution in [0.2, 0.25) is 0 Å². The maximum Gasteiger partial charge on any atom is 0.267 e. The third-order valence-electron chi connectivity index (χ3n) is 3.90. The number of piperidine rings is 1. The number of amides is 1. The molecule has 1 aliphatic rings. The van der Waals surface area contributed by atoms with E-state index < -0.39 is 0 Å². The molecule has 1 aromatic carbocycles. The highest BCUT2D eigenvalue weighted by atomic mass is 16.1. The molecule has 0 radical (unpaired) electrons. The van der Waals surface area contributed by atoms with Crippen molar-refractivity contribution in [3.63, 3.8) is 0 Å². The molecular formula is C18H23N3O. The normalized spacial score (nSPS) is 15.5. The van der Waals surface area contributed by atoms with Gasteiger partial charge >= 0.3 is 0 Å². The van der Waals surface area contributed by atoms with Gasteiger partial charge in [-0.3, -0.25) is 4.79 Å². The van der Waals surface area contributed by atoms with Crippen molar-refractivity contribution in [2.24, 2.45) is 0 Å². The van der Waals surface area contributed by atoms with Crippen LogP contribution < -0.4 is 5.32 Å². The predicted octanol–water partition coefficient (Wildman–Crippen LogP) is 3.64. The molecule has 1 aromatic rings. The summed E-state index contributed by atoms with van der Waals surface area (Å²) in [6, 6.07) is 9.75. The molecule has 0 spiro atoms. The molecule has 2 rings (SSSR count). The smallest absolute Gasteiger partial charge is 0.267 e. The Balaban J connectivity index is 2.13. The molecular weight excluding hydrogens is 274 g/mol. The van der Waals surface area contributed by atoms with Crippen LogP contribution >= 0.6 is 0 Å². The number of carbonyl (C=O) groups is 1. The fourth-order valence-corrected chi connectivity index (χ4v) is 2.67. The maximum absolute atomic E-state index is 12.4. The Labute approximate surface area is 132 Å². The first-order valence-corrected chi connectivity index (χ1v) is 7.88. The number of likely N-dealkylation sites (tertiary alicyclic amines) is 1. The number of carbonyl (C=O) groups excluding carboxylic acids is 1. The number of hydrogen-bond donors (Lipinski definition) is 1. The molecule has 0 aliphatic carbocycles. The molecule has 4 heteroatoms. The van der Waals surface area contributed by atoms with E-state index in [9.17, 15) is 10.1 Å². The molecule has 0 aromatic heterocycles. The molecule has 4 nitrogen and oxygen atoms in total. The van der Waals surface area contributed by atoms with Gasteiger partial charge in [-0.2, -0.15) is 5.26 Å². The standard InChI is InChI=1S/C18H23N3O/c1-14(2)16-8-4-5-9-17(16)20-18(22)15(12-19)13-21-10-6-3-7-11-21/h4-5,8-9,13-14H,3,6-7,10-11H2,1-2H3,(H,20,22)/b15-13-. The van der Waals surface area contributed by atoms with Crippen molar-refractivity contribution in [2.45, 2.75) is 39.0 Å². The Morgan fingerprint density at radius 2 is 1.95 bits per heavy atom. The summed E-state index contributed by atoms with van der Waals surface area (Å²) in [5, 5.41) is 12.2. The Bertz CT molecular complexity index is 593. The van der Waals surface area contributed by atoms with Gasteiger partial charge in [0.1, 0.15) is 11.6 Å². The van der Waals surface area contributed by atoms with Crippen molar-refractivity contribution in [2.75, 3.05) is 18.4 Å². The van der Waals surface area contributed by atoms with Gasteiger partial charge < -0.3 is 10.2 Å². The lowest BCUT2D eigenvalue weighted by Crippen LogP contribution is -2.26. The second kappa shape index (κ2) is 7.65. The summed E-state index contributed by atoms with van der Waals surface area (Å²) in [4.78, 5) is 14.4. The summed E-state index contributed by atoms with van der Waals surface area (Å²) in [5.41, 5.74) is 2.02. The van der Waals surface area contributed by atoms with Crippen LogP contribution in [-0.4, -0.2) is 23.9 Å². The van der Waals surface area contributed by atoms with Crippen LogP contribution in [0.25, 0.3) is 0 Å². The molecule has 0 saturated carbocycles. The zero-order valence-corrected chi connectivity index (χ0v) is 13.3. The minimum Gasteiger partial charge on any atom is -0.376 e. The van der Waals surface area contributed by atoms with Crippen LogP contribution in [0.3, 0.4) is 0 Å². The molecule has 22 heavy (non-hydrogen) atoms. The van der Waals surface area contributed by atoms with Crippen LogP contribution in [0.5, 0.6) is 0 Å². The van der Waals surface area contributed by atoms with Gasteiger partial charge in [-0.05, 0) is 36.8 Å². The van der Waals surface area contributed by atoms with Gasteiger partial charge in [0.25, 0.3) is 5.91 Å². The number of hydrogen-bond acceptors (Lipinski definition) is 3. The topological polar surface area (TPSA) is 56.1 Å². The molecule has 0 atom stereocenters. The molecule has 1 heterocycles. The lowest BCUT2D eigenvalue weighted by molar-refractivity contribution is -0.112. The molecule has 116 valence electrons. The monoisotopic (exact) mass is 297 g/mol. The first-order valence-electron chi connectivity index (χ1n) is 7.88. The van der Waals surface area contributed by atoms with E-state index in [1.807, 2.05) is 30.3 Å². The van der Waals surface area contributed by atoms with Crippen molar-refractivity contribution < 1.29 is 4.79 Å². The molecule has 1 saturated heterocycles. The predicted molar refractivity (Wildman–Crippen MR) is 88.3 cm³/mol. The minimum atomic E-state index is -0.332. The molecule has 1 fully saturated rings. The Morgan fingerprint density at radius 3 is 2.59 bits per heavy atom. The van der Waals surface area contributed by atoms with E-state index in [0.29, 0.717) is 5.92 Å². The Hall–Kier alpha value is -2.28. The Morgan fingerprint density at radius 1 is 1.27 bits per heavy atom. The van der Waals surface area contributed by atoms with Crippen LogP contribution in [0.4, 0.5) is 5.69 Å². The van der Waals surface area contributed by atoms with Crippen molar-refractivity contribution in [3.8, 4) is 6.07 Å². The molecule has 0 unspecified atom stereocenters. The lowest BCUT2D eigenvalue weighted by atomic mass is 10.0. The average Bonchev–Trinajstić information content (AvgIpc) is 2.53. The fraction of sp³-hybridized carbons (Fsp3) is 0.444. The molecule has 1 aliphatic heterocycles. The van der Waals surface area contributed by atoms with Crippen molar-refractivity contribution in [1.82, 2.24) is 4.90 Å². The summed E-state index contributed by atoms with van der Waals surface area (Å²) in [6.07, 6.45) is 5.16. The van der Waals surface area contributed by atoms with Crippen molar-refractivity contribution in [1.29, 1.82) is 5.26 Å². The number of anilines is 1. The van der Waals surface area contributed by atoms with Crippen molar-refractivity contribution >= 4 is 11.6 Å². The summed E-state index contributed by atoms with van der Waals surface area (Å²) in [6.45, 7) is 6.00. The number of nitrogens with zero attached hydrogens (tertiary/aromatic N) is 2. The van der Waals surface area contributed by atoms with Crippen LogP contribution in [0.15, 0.2) is 36.0 Å². The zero-order chi connectivity index (χ0) is 15.9. The highest BCUT2D eigenvalue weighted by Crippen LogP contribution is 2.24.